The van der Waals surface area contributed by atoms with Crippen molar-refractivity contribution in [2.75, 3.05) is 6.54 Å². The van der Waals surface area contributed by atoms with Crippen molar-refractivity contribution in [2.24, 2.45) is 0 Å². The Kier molecular flexibility index (Phi) is 7.80. The predicted molar refractivity (Wildman–Crippen MR) is 114 cm³/mol. The van der Waals surface area contributed by atoms with Gasteiger partial charge in [-0.2, -0.15) is 0 Å². The molecule has 1 N–H and O–H groups in total. The predicted octanol–water partition coefficient (Wildman–Crippen LogP) is 4.10. The lowest BCUT2D eigenvalue weighted by molar-refractivity contribution is -0.140. The van der Waals surface area contributed by atoms with E-state index in [1.165, 1.54) is 11.1 Å². The summed E-state index contributed by atoms with van der Waals surface area (Å²) in [6.45, 7) is 11.0. The monoisotopic (exact) mass is 380 g/mol. The van der Waals surface area contributed by atoms with Gasteiger partial charge in [0, 0.05) is 13.1 Å². The molecular formula is C24H32N2O2. The number of amides is 2. The van der Waals surface area contributed by atoms with Crippen LogP contribution in [0.3, 0.4) is 0 Å². The molecule has 0 aliphatic rings. The Hall–Kier alpha value is -2.62. The number of carbonyl (C=O) groups excluding carboxylic acids is 2. The van der Waals surface area contributed by atoms with Crippen molar-refractivity contribution < 1.29 is 9.59 Å². The second kappa shape index (κ2) is 10.1. The largest absolute Gasteiger partial charge is 0.354 e. The normalized spacial score (nSPS) is 11.8. The summed E-state index contributed by atoms with van der Waals surface area (Å²) in [4.78, 5) is 27.5. The number of nitrogens with one attached hydrogen (secondary N) is 1. The number of rotatable bonds is 8. The lowest BCUT2D eigenvalue weighted by Gasteiger charge is -2.29. The van der Waals surface area contributed by atoms with Crippen molar-refractivity contribution >= 4 is 11.8 Å². The van der Waals surface area contributed by atoms with Crippen molar-refractivity contribution in [3.63, 3.8) is 0 Å². The molecule has 0 aliphatic heterocycles. The highest BCUT2D eigenvalue weighted by molar-refractivity contribution is 5.88. The Morgan fingerprint density at radius 3 is 2.36 bits per heavy atom. The van der Waals surface area contributed by atoms with E-state index < -0.39 is 6.04 Å². The van der Waals surface area contributed by atoms with Gasteiger partial charge in [0.2, 0.25) is 11.8 Å². The van der Waals surface area contributed by atoms with Crippen LogP contribution in [0, 0.1) is 20.8 Å². The Morgan fingerprint density at radius 2 is 1.71 bits per heavy atom. The summed E-state index contributed by atoms with van der Waals surface area (Å²) >= 11 is 0. The number of carbonyl (C=O) groups is 2. The standard InChI is InChI=1S/C24H32N2O2/c1-6-13-25-24(28)20(5)26(16-22-10-8-7-9-18(22)3)23(27)15-21-12-11-17(2)19(4)14-21/h7-12,14,20H,6,13,15-16H2,1-5H3,(H,25,28)/t20-/m1/s1. The molecular weight excluding hydrogens is 348 g/mol. The van der Waals surface area contributed by atoms with Crippen LogP contribution < -0.4 is 5.32 Å². The molecule has 0 fully saturated rings. The van der Waals surface area contributed by atoms with Gasteiger partial charge >= 0.3 is 0 Å². The van der Waals surface area contributed by atoms with Gasteiger partial charge in [0.15, 0.2) is 0 Å². The quantitative estimate of drug-likeness (QED) is 0.750. The summed E-state index contributed by atoms with van der Waals surface area (Å²) in [6, 6.07) is 13.6. The average molecular weight is 381 g/mol. The lowest BCUT2D eigenvalue weighted by Crippen LogP contribution is -2.48. The van der Waals surface area contributed by atoms with E-state index in [0.717, 1.165) is 23.1 Å². The first kappa shape index (κ1) is 21.7. The summed E-state index contributed by atoms with van der Waals surface area (Å²) in [5, 5.41) is 2.92. The highest BCUT2D eigenvalue weighted by atomic mass is 16.2. The molecule has 0 bridgehead atoms. The first-order chi connectivity index (χ1) is 13.3. The van der Waals surface area contributed by atoms with Crippen molar-refractivity contribution in [1.29, 1.82) is 0 Å². The van der Waals surface area contributed by atoms with E-state index in [1.807, 2.05) is 57.2 Å². The van der Waals surface area contributed by atoms with E-state index in [-0.39, 0.29) is 11.8 Å². The molecule has 2 rings (SSSR count). The molecule has 0 saturated heterocycles. The summed E-state index contributed by atoms with van der Waals surface area (Å²) in [5.74, 6) is -0.144. The molecule has 28 heavy (non-hydrogen) atoms. The topological polar surface area (TPSA) is 49.4 Å². The van der Waals surface area contributed by atoms with Gasteiger partial charge in [0.25, 0.3) is 0 Å². The van der Waals surface area contributed by atoms with E-state index in [9.17, 15) is 9.59 Å². The van der Waals surface area contributed by atoms with Crippen LogP contribution in [0.4, 0.5) is 0 Å². The van der Waals surface area contributed by atoms with Gasteiger partial charge in [-0.05, 0) is 61.9 Å². The maximum Gasteiger partial charge on any atom is 0.242 e. The Labute approximate surface area is 169 Å². The van der Waals surface area contributed by atoms with E-state index in [1.54, 1.807) is 4.90 Å². The van der Waals surface area contributed by atoms with E-state index in [2.05, 4.69) is 25.2 Å². The molecule has 2 aromatic carbocycles. The highest BCUT2D eigenvalue weighted by Crippen LogP contribution is 2.16. The van der Waals surface area contributed by atoms with Gasteiger partial charge in [-0.3, -0.25) is 9.59 Å². The van der Waals surface area contributed by atoms with Crippen molar-refractivity contribution in [1.82, 2.24) is 10.2 Å². The zero-order chi connectivity index (χ0) is 20.7. The SMILES string of the molecule is CCCNC(=O)[C@@H](C)N(Cc1ccccc1C)C(=O)Cc1ccc(C)c(C)c1. The minimum atomic E-state index is -0.523. The van der Waals surface area contributed by atoms with Crippen LogP contribution in [0.25, 0.3) is 0 Å². The number of nitrogens with zero attached hydrogens (tertiary/aromatic N) is 1. The minimum Gasteiger partial charge on any atom is -0.354 e. The average Bonchev–Trinajstić information content (AvgIpc) is 2.67. The first-order valence-corrected chi connectivity index (χ1v) is 10.0. The molecule has 2 aromatic rings. The summed E-state index contributed by atoms with van der Waals surface area (Å²) in [6.07, 6.45) is 1.16. The summed E-state index contributed by atoms with van der Waals surface area (Å²) in [7, 11) is 0. The minimum absolute atomic E-state index is 0.0364. The van der Waals surface area contributed by atoms with Gasteiger partial charge in [0.05, 0.1) is 6.42 Å². The molecule has 0 radical (unpaired) electrons. The maximum atomic E-state index is 13.2. The van der Waals surface area contributed by atoms with E-state index in [4.69, 9.17) is 0 Å². The summed E-state index contributed by atoms with van der Waals surface area (Å²) in [5.41, 5.74) is 5.53. The van der Waals surface area contributed by atoms with Crippen LogP contribution >= 0.6 is 0 Å². The molecule has 0 saturated carbocycles. The fraction of sp³-hybridized carbons (Fsp3) is 0.417. The van der Waals surface area contributed by atoms with Crippen LogP contribution in [0.5, 0.6) is 0 Å². The molecule has 0 heterocycles. The van der Waals surface area contributed by atoms with Crippen LogP contribution in [-0.2, 0) is 22.6 Å². The van der Waals surface area contributed by atoms with Crippen molar-refractivity contribution in [3.05, 3.63) is 70.3 Å². The number of hydrogen-bond donors (Lipinski definition) is 1. The fourth-order valence-electron chi connectivity index (χ4n) is 3.14. The van der Waals surface area contributed by atoms with E-state index in [0.29, 0.717) is 19.5 Å². The molecule has 0 unspecified atom stereocenters. The molecule has 4 heteroatoms. The highest BCUT2D eigenvalue weighted by Gasteiger charge is 2.26. The van der Waals surface area contributed by atoms with Crippen LogP contribution in [-0.4, -0.2) is 29.3 Å². The van der Waals surface area contributed by atoms with Crippen molar-refractivity contribution in [3.8, 4) is 0 Å². The number of hydrogen-bond acceptors (Lipinski definition) is 2. The Balaban J connectivity index is 2.25. The second-order valence-corrected chi connectivity index (χ2v) is 7.51. The Bertz CT molecular complexity index is 829. The third kappa shape index (κ3) is 5.69. The molecule has 0 aliphatic carbocycles. The lowest BCUT2D eigenvalue weighted by atomic mass is 10.0. The molecule has 150 valence electrons. The molecule has 0 aromatic heterocycles. The smallest absolute Gasteiger partial charge is 0.242 e. The zero-order valence-electron chi connectivity index (χ0n) is 17.7. The van der Waals surface area contributed by atoms with Crippen molar-refractivity contribution in [2.45, 2.75) is 60.0 Å². The molecule has 0 spiro atoms. The van der Waals surface area contributed by atoms with Crippen LogP contribution in [0.2, 0.25) is 0 Å². The van der Waals surface area contributed by atoms with E-state index >= 15 is 0 Å². The molecule has 2 amide bonds. The number of benzene rings is 2. The van der Waals surface area contributed by atoms with Crippen LogP contribution in [0.15, 0.2) is 42.5 Å². The second-order valence-electron chi connectivity index (χ2n) is 7.51. The molecule has 4 nitrogen and oxygen atoms in total. The van der Waals surface area contributed by atoms with Gasteiger partial charge in [0.1, 0.15) is 6.04 Å². The molecule has 1 atom stereocenters. The number of aryl methyl sites for hydroxylation is 3. The fourth-order valence-corrected chi connectivity index (χ4v) is 3.14. The van der Waals surface area contributed by atoms with Gasteiger partial charge in [-0.1, -0.05) is 49.4 Å². The van der Waals surface area contributed by atoms with Gasteiger partial charge < -0.3 is 10.2 Å². The van der Waals surface area contributed by atoms with Gasteiger partial charge in [-0.15, -0.1) is 0 Å². The summed E-state index contributed by atoms with van der Waals surface area (Å²) < 4.78 is 0. The van der Waals surface area contributed by atoms with Crippen LogP contribution in [0.1, 0.15) is 48.1 Å². The van der Waals surface area contributed by atoms with Gasteiger partial charge in [-0.25, -0.2) is 0 Å². The maximum absolute atomic E-state index is 13.2. The third-order valence-electron chi connectivity index (χ3n) is 5.25. The zero-order valence-corrected chi connectivity index (χ0v) is 17.7. The third-order valence-corrected chi connectivity index (χ3v) is 5.25. The Morgan fingerprint density at radius 1 is 1.00 bits per heavy atom. The first-order valence-electron chi connectivity index (χ1n) is 10.0.